The van der Waals surface area contributed by atoms with Crippen molar-refractivity contribution in [3.05, 3.63) is 59.2 Å². The maximum Gasteiger partial charge on any atom is 0.321 e. The molecule has 0 atom stereocenters. The van der Waals surface area contributed by atoms with E-state index >= 15 is 0 Å². The van der Waals surface area contributed by atoms with Gasteiger partial charge in [-0.2, -0.15) is 10.2 Å². The van der Waals surface area contributed by atoms with Crippen LogP contribution in [0.5, 0.6) is 0 Å². The number of nitrogens with zero attached hydrogens (tertiary/aromatic N) is 5. The molecule has 7 heteroatoms. The second-order valence-electron chi connectivity index (χ2n) is 7.45. The largest absolute Gasteiger partial charge is 0.323 e. The molecule has 0 saturated carbocycles. The van der Waals surface area contributed by atoms with Crippen LogP contribution in [0, 0.1) is 20.8 Å². The lowest BCUT2D eigenvalue weighted by Gasteiger charge is -2.17. The van der Waals surface area contributed by atoms with Crippen LogP contribution in [0.15, 0.2) is 36.7 Å². The fourth-order valence-electron chi connectivity index (χ4n) is 3.29. The van der Waals surface area contributed by atoms with Gasteiger partial charge >= 0.3 is 6.03 Å². The van der Waals surface area contributed by atoms with Gasteiger partial charge in [-0.25, -0.2) is 9.48 Å². The summed E-state index contributed by atoms with van der Waals surface area (Å²) in [4.78, 5) is 14.3. The van der Waals surface area contributed by atoms with Crippen molar-refractivity contribution in [1.29, 1.82) is 0 Å². The van der Waals surface area contributed by atoms with Crippen molar-refractivity contribution in [2.45, 2.75) is 47.2 Å². The molecule has 0 aliphatic rings. The topological polar surface area (TPSA) is 68.0 Å². The molecule has 28 heavy (non-hydrogen) atoms. The van der Waals surface area contributed by atoms with Crippen molar-refractivity contribution < 1.29 is 4.79 Å². The van der Waals surface area contributed by atoms with Gasteiger partial charge in [-0.15, -0.1) is 0 Å². The first kappa shape index (κ1) is 19.7. The lowest BCUT2D eigenvalue weighted by Crippen LogP contribution is -2.31. The Hall–Kier alpha value is -3.09. The van der Waals surface area contributed by atoms with E-state index in [1.54, 1.807) is 18.1 Å². The van der Waals surface area contributed by atoms with Crippen molar-refractivity contribution in [2.24, 2.45) is 0 Å². The number of urea groups is 1. The van der Waals surface area contributed by atoms with Gasteiger partial charge in [0, 0.05) is 24.8 Å². The Labute approximate surface area is 166 Å². The van der Waals surface area contributed by atoms with Gasteiger partial charge in [-0.05, 0) is 46.2 Å². The highest BCUT2D eigenvalue weighted by Gasteiger charge is 2.18. The standard InChI is InChI=1S/C21H28N6O/c1-14(2)27-17(5)20(16(4)24-27)23-21(28)25(6)12-18-11-22-26(13-18)19-10-8-7-9-15(19)3/h7-11,13-14H,12H2,1-6H3,(H,23,28). The lowest BCUT2D eigenvalue weighted by molar-refractivity contribution is 0.220. The maximum absolute atomic E-state index is 12.7. The smallest absolute Gasteiger partial charge is 0.321 e. The van der Waals surface area contributed by atoms with Crippen LogP contribution in [0.4, 0.5) is 10.5 Å². The molecule has 3 aromatic rings. The molecular formula is C21H28N6O. The molecule has 0 aliphatic carbocycles. The quantitative estimate of drug-likeness (QED) is 0.720. The Morgan fingerprint density at radius 3 is 2.57 bits per heavy atom. The number of benzene rings is 1. The fourth-order valence-corrected chi connectivity index (χ4v) is 3.29. The van der Waals surface area contributed by atoms with Crippen LogP contribution in [0.2, 0.25) is 0 Å². The fraction of sp³-hybridized carbons (Fsp3) is 0.381. The van der Waals surface area contributed by atoms with E-state index in [9.17, 15) is 4.79 Å². The predicted octanol–water partition coefficient (Wildman–Crippen LogP) is 4.24. The highest BCUT2D eigenvalue weighted by atomic mass is 16.2. The highest BCUT2D eigenvalue weighted by Crippen LogP contribution is 2.23. The van der Waals surface area contributed by atoms with Gasteiger partial charge < -0.3 is 10.2 Å². The second-order valence-corrected chi connectivity index (χ2v) is 7.45. The van der Waals surface area contributed by atoms with Crippen LogP contribution in [-0.2, 0) is 6.54 Å². The average molecular weight is 380 g/mol. The first-order valence-electron chi connectivity index (χ1n) is 9.45. The van der Waals surface area contributed by atoms with E-state index in [1.807, 2.05) is 47.6 Å². The van der Waals surface area contributed by atoms with Crippen LogP contribution in [0.25, 0.3) is 5.69 Å². The molecular weight excluding hydrogens is 352 g/mol. The molecule has 3 rings (SSSR count). The van der Waals surface area contributed by atoms with E-state index in [2.05, 4.69) is 42.4 Å². The van der Waals surface area contributed by atoms with Gasteiger partial charge in [-0.3, -0.25) is 4.68 Å². The number of aryl methyl sites for hydroxylation is 2. The van der Waals surface area contributed by atoms with E-state index in [-0.39, 0.29) is 12.1 Å². The molecule has 0 fully saturated rings. The Bertz CT molecular complexity index is 985. The van der Waals surface area contributed by atoms with Crippen LogP contribution in [-0.4, -0.2) is 37.5 Å². The number of hydrogen-bond donors (Lipinski definition) is 1. The predicted molar refractivity (Wildman–Crippen MR) is 111 cm³/mol. The third-order valence-electron chi connectivity index (χ3n) is 4.81. The zero-order chi connectivity index (χ0) is 20.4. The number of hydrogen-bond acceptors (Lipinski definition) is 3. The SMILES string of the molecule is Cc1ccccc1-n1cc(CN(C)C(=O)Nc2c(C)nn(C(C)C)c2C)cn1. The monoisotopic (exact) mass is 380 g/mol. The molecule has 0 unspecified atom stereocenters. The third kappa shape index (κ3) is 3.93. The second kappa shape index (κ2) is 7.88. The summed E-state index contributed by atoms with van der Waals surface area (Å²) in [6.07, 6.45) is 3.75. The van der Waals surface area contributed by atoms with Crippen molar-refractivity contribution >= 4 is 11.7 Å². The Kier molecular flexibility index (Phi) is 5.53. The van der Waals surface area contributed by atoms with Gasteiger partial charge in [0.1, 0.15) is 0 Å². The molecule has 0 radical (unpaired) electrons. The van der Waals surface area contributed by atoms with Crippen LogP contribution >= 0.6 is 0 Å². The lowest BCUT2D eigenvalue weighted by atomic mass is 10.2. The number of para-hydroxylation sites is 1. The normalized spacial score (nSPS) is 11.1. The zero-order valence-corrected chi connectivity index (χ0v) is 17.4. The number of carbonyl (C=O) groups is 1. The minimum atomic E-state index is -0.168. The number of amides is 2. The molecule has 0 saturated heterocycles. The molecule has 0 bridgehead atoms. The van der Waals surface area contributed by atoms with E-state index in [0.29, 0.717) is 6.54 Å². The van der Waals surface area contributed by atoms with E-state index in [4.69, 9.17) is 0 Å². The minimum Gasteiger partial charge on any atom is -0.323 e. The minimum absolute atomic E-state index is 0.168. The van der Waals surface area contributed by atoms with Crippen molar-refractivity contribution in [3.8, 4) is 5.69 Å². The summed E-state index contributed by atoms with van der Waals surface area (Å²) in [5.41, 5.74) is 5.71. The molecule has 148 valence electrons. The van der Waals surface area contributed by atoms with Crippen molar-refractivity contribution in [2.75, 3.05) is 12.4 Å². The highest BCUT2D eigenvalue weighted by molar-refractivity contribution is 5.90. The summed E-state index contributed by atoms with van der Waals surface area (Å²) in [5, 5.41) is 12.0. The van der Waals surface area contributed by atoms with Crippen LogP contribution in [0.3, 0.4) is 0 Å². The first-order chi connectivity index (χ1) is 13.3. The van der Waals surface area contributed by atoms with Gasteiger partial charge in [-0.1, -0.05) is 18.2 Å². The van der Waals surface area contributed by atoms with Gasteiger partial charge in [0.2, 0.25) is 0 Å². The number of nitrogens with one attached hydrogen (secondary N) is 1. The molecule has 2 heterocycles. The Morgan fingerprint density at radius 1 is 1.21 bits per heavy atom. The molecule has 0 aliphatic heterocycles. The van der Waals surface area contributed by atoms with Crippen LogP contribution in [0.1, 0.15) is 42.4 Å². The summed E-state index contributed by atoms with van der Waals surface area (Å²) >= 11 is 0. The number of aromatic nitrogens is 4. The third-order valence-corrected chi connectivity index (χ3v) is 4.81. The van der Waals surface area contributed by atoms with E-state index < -0.39 is 0 Å². The summed E-state index contributed by atoms with van der Waals surface area (Å²) in [5.74, 6) is 0. The first-order valence-corrected chi connectivity index (χ1v) is 9.45. The molecule has 0 spiro atoms. The van der Waals surface area contributed by atoms with Crippen LogP contribution < -0.4 is 5.32 Å². The van der Waals surface area contributed by atoms with E-state index in [0.717, 1.165) is 33.9 Å². The van der Waals surface area contributed by atoms with Gasteiger partial charge in [0.25, 0.3) is 0 Å². The van der Waals surface area contributed by atoms with Gasteiger partial charge in [0.15, 0.2) is 0 Å². The number of rotatable bonds is 5. The summed E-state index contributed by atoms with van der Waals surface area (Å²) < 4.78 is 3.77. The zero-order valence-electron chi connectivity index (χ0n) is 17.4. The summed E-state index contributed by atoms with van der Waals surface area (Å²) in [6.45, 7) is 10.6. The summed E-state index contributed by atoms with van der Waals surface area (Å²) in [6, 6.07) is 8.16. The molecule has 7 nitrogen and oxygen atoms in total. The average Bonchev–Trinajstić information content (AvgIpc) is 3.21. The maximum atomic E-state index is 12.7. The summed E-state index contributed by atoms with van der Waals surface area (Å²) in [7, 11) is 1.78. The molecule has 1 N–H and O–H groups in total. The van der Waals surface area contributed by atoms with Crippen molar-refractivity contribution in [1.82, 2.24) is 24.5 Å². The molecule has 2 amide bonds. The van der Waals surface area contributed by atoms with Gasteiger partial charge in [0.05, 0.1) is 35.5 Å². The Balaban J connectivity index is 1.70. The van der Waals surface area contributed by atoms with E-state index in [1.165, 1.54) is 0 Å². The Morgan fingerprint density at radius 2 is 1.93 bits per heavy atom. The molecule has 2 aromatic heterocycles. The number of anilines is 1. The molecule has 1 aromatic carbocycles. The van der Waals surface area contributed by atoms with Crippen molar-refractivity contribution in [3.63, 3.8) is 0 Å². The number of carbonyl (C=O) groups excluding carboxylic acids is 1.